The number of nitrogens with zero attached hydrogens (tertiary/aromatic N) is 3. The summed E-state index contributed by atoms with van der Waals surface area (Å²) in [4.78, 5) is 12.4. The van der Waals surface area contributed by atoms with Crippen LogP contribution in [-0.2, 0) is 26.5 Å². The Balaban J connectivity index is 1.72. The maximum Gasteiger partial charge on any atom is 0.231 e. The normalized spacial score (nSPS) is 19.4. The third-order valence-electron chi connectivity index (χ3n) is 4.91. The summed E-state index contributed by atoms with van der Waals surface area (Å²) in [5.41, 5.74) is 2.98. The number of carbonyl (C=O) groups excluding carboxylic acids is 1. The van der Waals surface area contributed by atoms with E-state index in [1.165, 1.54) is 0 Å². The lowest BCUT2D eigenvalue weighted by atomic mass is 9.92. The standard InChI is InChI=1S/C18H26N4O4S/c1-11-14(12(2)22(20-11)13-6-7-27(24,25)10-13)8-16(23)19-17-9-15(21-26-17)18(3,4)5/h9,13H,6-8,10H2,1-5H3,(H,19,23). The number of hydrogen-bond donors (Lipinski definition) is 1. The van der Waals surface area contributed by atoms with Crippen LogP contribution < -0.4 is 5.32 Å². The Bertz CT molecular complexity index is 966. The van der Waals surface area contributed by atoms with Gasteiger partial charge < -0.3 is 4.52 Å². The first-order valence-electron chi connectivity index (χ1n) is 8.98. The van der Waals surface area contributed by atoms with Crippen molar-refractivity contribution in [1.82, 2.24) is 14.9 Å². The first kappa shape index (κ1) is 19.6. The van der Waals surface area contributed by atoms with Crippen LogP contribution in [0.15, 0.2) is 10.6 Å². The Labute approximate surface area is 159 Å². The Morgan fingerprint density at radius 1 is 1.37 bits per heavy atom. The average molecular weight is 394 g/mol. The van der Waals surface area contributed by atoms with Gasteiger partial charge in [0.25, 0.3) is 0 Å². The fourth-order valence-corrected chi connectivity index (χ4v) is 5.00. The van der Waals surface area contributed by atoms with E-state index in [1.807, 2.05) is 34.6 Å². The van der Waals surface area contributed by atoms with Gasteiger partial charge in [-0.2, -0.15) is 5.10 Å². The zero-order valence-electron chi connectivity index (χ0n) is 16.4. The predicted octanol–water partition coefficient (Wildman–Crippen LogP) is 2.33. The molecule has 0 aliphatic carbocycles. The quantitative estimate of drug-likeness (QED) is 0.853. The second kappa shape index (κ2) is 6.78. The lowest BCUT2D eigenvalue weighted by molar-refractivity contribution is -0.115. The van der Waals surface area contributed by atoms with Gasteiger partial charge in [-0.15, -0.1) is 0 Å². The van der Waals surface area contributed by atoms with Gasteiger partial charge in [0.1, 0.15) is 0 Å². The van der Waals surface area contributed by atoms with Gasteiger partial charge in [0.15, 0.2) is 9.84 Å². The molecule has 1 fully saturated rings. The van der Waals surface area contributed by atoms with E-state index in [1.54, 1.807) is 10.7 Å². The predicted molar refractivity (Wildman–Crippen MR) is 102 cm³/mol. The van der Waals surface area contributed by atoms with Gasteiger partial charge in [-0.1, -0.05) is 25.9 Å². The summed E-state index contributed by atoms with van der Waals surface area (Å²) in [5.74, 6) is 0.382. The summed E-state index contributed by atoms with van der Waals surface area (Å²) in [6.07, 6.45) is 0.701. The van der Waals surface area contributed by atoms with E-state index in [0.29, 0.717) is 12.3 Å². The molecule has 9 heteroatoms. The summed E-state index contributed by atoms with van der Waals surface area (Å²) >= 11 is 0. The van der Waals surface area contributed by atoms with Crippen molar-refractivity contribution in [1.29, 1.82) is 0 Å². The molecule has 148 valence electrons. The van der Waals surface area contributed by atoms with Crippen LogP contribution in [0, 0.1) is 13.8 Å². The van der Waals surface area contributed by atoms with Crippen molar-refractivity contribution in [3.8, 4) is 0 Å². The lowest BCUT2D eigenvalue weighted by Gasteiger charge is -2.12. The van der Waals surface area contributed by atoms with Crippen LogP contribution in [0.4, 0.5) is 5.88 Å². The van der Waals surface area contributed by atoms with Crippen molar-refractivity contribution in [3.63, 3.8) is 0 Å². The van der Waals surface area contributed by atoms with Crippen molar-refractivity contribution in [2.75, 3.05) is 16.8 Å². The average Bonchev–Trinajstić information content (AvgIpc) is 3.21. The van der Waals surface area contributed by atoms with Crippen LogP contribution in [0.25, 0.3) is 0 Å². The number of nitrogens with one attached hydrogen (secondary N) is 1. The van der Waals surface area contributed by atoms with Gasteiger partial charge in [0, 0.05) is 22.7 Å². The fraction of sp³-hybridized carbons (Fsp3) is 0.611. The molecule has 1 aliphatic rings. The van der Waals surface area contributed by atoms with Crippen LogP contribution in [0.3, 0.4) is 0 Å². The number of amides is 1. The third-order valence-corrected chi connectivity index (χ3v) is 6.66. The highest BCUT2D eigenvalue weighted by Gasteiger charge is 2.31. The van der Waals surface area contributed by atoms with Gasteiger partial charge in [-0.05, 0) is 20.3 Å². The number of rotatable bonds is 4. The van der Waals surface area contributed by atoms with E-state index in [4.69, 9.17) is 4.52 Å². The highest BCUT2D eigenvalue weighted by molar-refractivity contribution is 7.91. The number of aryl methyl sites for hydroxylation is 1. The minimum atomic E-state index is -3.00. The van der Waals surface area contributed by atoms with Crippen molar-refractivity contribution in [2.45, 2.75) is 58.9 Å². The maximum absolute atomic E-state index is 12.4. The monoisotopic (exact) mass is 394 g/mol. The van der Waals surface area contributed by atoms with E-state index in [-0.39, 0.29) is 35.3 Å². The molecular weight excluding hydrogens is 368 g/mol. The zero-order chi connectivity index (χ0) is 20.0. The molecule has 1 unspecified atom stereocenters. The summed E-state index contributed by atoms with van der Waals surface area (Å²) in [5, 5.41) is 11.2. The van der Waals surface area contributed by atoms with Crippen molar-refractivity contribution >= 4 is 21.6 Å². The molecule has 0 aromatic carbocycles. The minimum absolute atomic E-state index is 0.105. The van der Waals surface area contributed by atoms with E-state index in [2.05, 4.69) is 15.6 Å². The molecule has 0 saturated carbocycles. The summed E-state index contributed by atoms with van der Waals surface area (Å²) in [6.45, 7) is 9.75. The Morgan fingerprint density at radius 3 is 2.63 bits per heavy atom. The van der Waals surface area contributed by atoms with E-state index >= 15 is 0 Å². The van der Waals surface area contributed by atoms with Crippen LogP contribution in [0.2, 0.25) is 0 Å². The SMILES string of the molecule is Cc1nn(C2CCS(=O)(=O)C2)c(C)c1CC(=O)Nc1cc(C(C)(C)C)no1. The Kier molecular flexibility index (Phi) is 4.92. The van der Waals surface area contributed by atoms with Crippen molar-refractivity contribution < 1.29 is 17.7 Å². The fourth-order valence-electron chi connectivity index (χ4n) is 3.31. The molecule has 1 N–H and O–H groups in total. The van der Waals surface area contributed by atoms with Crippen LogP contribution in [0.1, 0.15) is 55.9 Å². The van der Waals surface area contributed by atoms with Crippen molar-refractivity contribution in [2.24, 2.45) is 0 Å². The van der Waals surface area contributed by atoms with Gasteiger partial charge >= 0.3 is 0 Å². The smallest absolute Gasteiger partial charge is 0.231 e. The lowest BCUT2D eigenvalue weighted by Crippen LogP contribution is -2.16. The molecule has 0 spiro atoms. The molecule has 1 amide bonds. The molecule has 1 aliphatic heterocycles. The molecule has 0 radical (unpaired) electrons. The molecule has 27 heavy (non-hydrogen) atoms. The summed E-state index contributed by atoms with van der Waals surface area (Å²) in [6, 6.07) is 1.57. The van der Waals surface area contributed by atoms with Gasteiger partial charge in [0.05, 0.1) is 35.4 Å². The largest absolute Gasteiger partial charge is 0.338 e. The summed E-state index contributed by atoms with van der Waals surface area (Å²) < 4.78 is 30.5. The molecule has 0 bridgehead atoms. The number of hydrogen-bond acceptors (Lipinski definition) is 6. The number of aromatic nitrogens is 3. The molecule has 1 atom stereocenters. The molecular formula is C18H26N4O4S. The molecule has 8 nitrogen and oxygen atoms in total. The van der Waals surface area contributed by atoms with Crippen molar-refractivity contribution in [3.05, 3.63) is 28.7 Å². The maximum atomic E-state index is 12.4. The number of sulfone groups is 1. The van der Waals surface area contributed by atoms with E-state index < -0.39 is 9.84 Å². The van der Waals surface area contributed by atoms with Gasteiger partial charge in [0.2, 0.25) is 11.8 Å². The highest BCUT2D eigenvalue weighted by atomic mass is 32.2. The molecule has 2 aromatic heterocycles. The second-order valence-electron chi connectivity index (χ2n) is 8.20. The van der Waals surface area contributed by atoms with Crippen LogP contribution in [0.5, 0.6) is 0 Å². The first-order valence-corrected chi connectivity index (χ1v) is 10.8. The molecule has 2 aromatic rings. The Morgan fingerprint density at radius 2 is 2.07 bits per heavy atom. The van der Waals surface area contributed by atoms with Crippen LogP contribution in [-0.4, -0.2) is 40.8 Å². The van der Waals surface area contributed by atoms with E-state index in [9.17, 15) is 13.2 Å². The third kappa shape index (κ3) is 4.23. The second-order valence-corrected chi connectivity index (χ2v) is 10.4. The van der Waals surface area contributed by atoms with Gasteiger partial charge in [-0.25, -0.2) is 8.42 Å². The number of carbonyl (C=O) groups is 1. The zero-order valence-corrected chi connectivity index (χ0v) is 17.2. The van der Waals surface area contributed by atoms with Crippen LogP contribution >= 0.6 is 0 Å². The Hall–Kier alpha value is -2.16. The molecule has 3 rings (SSSR count). The topological polar surface area (TPSA) is 107 Å². The highest BCUT2D eigenvalue weighted by Crippen LogP contribution is 2.27. The van der Waals surface area contributed by atoms with E-state index in [0.717, 1.165) is 22.6 Å². The summed E-state index contributed by atoms with van der Waals surface area (Å²) in [7, 11) is -3.00. The first-order chi connectivity index (χ1) is 12.5. The van der Waals surface area contributed by atoms with Gasteiger partial charge in [-0.3, -0.25) is 14.8 Å². The minimum Gasteiger partial charge on any atom is -0.338 e. The molecule has 1 saturated heterocycles. The molecule has 3 heterocycles. The number of anilines is 1.